The highest BCUT2D eigenvalue weighted by atomic mass is 32.1. The maximum absolute atomic E-state index is 12.9. The number of aryl methyl sites for hydroxylation is 2. The summed E-state index contributed by atoms with van der Waals surface area (Å²) in [5, 5.41) is 1.92. The SMILES string of the molecule is Cc1c(C(=O)N(C)Cc2nc3ccccc3s2)oc2c(C)cccc12. The minimum Gasteiger partial charge on any atom is -0.450 e. The van der Waals surface area contributed by atoms with E-state index in [1.807, 2.05) is 56.3 Å². The largest absolute Gasteiger partial charge is 0.450 e. The van der Waals surface area contributed by atoms with Crippen molar-refractivity contribution in [2.75, 3.05) is 7.05 Å². The molecular weight excluding hydrogens is 332 g/mol. The topological polar surface area (TPSA) is 46.3 Å². The molecule has 0 aliphatic carbocycles. The third-order valence-electron chi connectivity index (χ3n) is 4.41. The lowest BCUT2D eigenvalue weighted by Gasteiger charge is -2.14. The van der Waals surface area contributed by atoms with Crippen molar-refractivity contribution >= 4 is 38.4 Å². The minimum atomic E-state index is -0.118. The molecule has 0 aliphatic heterocycles. The second-order valence-corrected chi connectivity index (χ2v) is 7.36. The molecule has 4 rings (SSSR count). The van der Waals surface area contributed by atoms with E-state index >= 15 is 0 Å². The summed E-state index contributed by atoms with van der Waals surface area (Å²) in [5.74, 6) is 0.292. The predicted octanol–water partition coefficient (Wildman–Crippen LogP) is 4.93. The van der Waals surface area contributed by atoms with Gasteiger partial charge >= 0.3 is 0 Å². The van der Waals surface area contributed by atoms with Gasteiger partial charge in [0.2, 0.25) is 0 Å². The first kappa shape index (κ1) is 15.8. The molecule has 0 unspecified atom stereocenters. The third-order valence-corrected chi connectivity index (χ3v) is 5.43. The van der Waals surface area contributed by atoms with Crippen LogP contribution < -0.4 is 0 Å². The molecule has 0 atom stereocenters. The Morgan fingerprint density at radius 2 is 1.96 bits per heavy atom. The number of para-hydroxylation sites is 2. The Morgan fingerprint density at radius 3 is 2.72 bits per heavy atom. The van der Waals surface area contributed by atoms with Crippen LogP contribution in [0.15, 0.2) is 46.9 Å². The number of aromatic nitrogens is 1. The second-order valence-electron chi connectivity index (χ2n) is 6.24. The van der Waals surface area contributed by atoms with Gasteiger partial charge in [-0.05, 0) is 31.5 Å². The van der Waals surface area contributed by atoms with Crippen molar-refractivity contribution in [3.63, 3.8) is 0 Å². The summed E-state index contributed by atoms with van der Waals surface area (Å²) < 4.78 is 7.03. The number of hydrogen-bond donors (Lipinski definition) is 0. The van der Waals surface area contributed by atoms with E-state index in [0.717, 1.165) is 37.3 Å². The molecule has 0 saturated heterocycles. The normalized spacial score (nSPS) is 11.3. The Labute approximate surface area is 149 Å². The average molecular weight is 350 g/mol. The van der Waals surface area contributed by atoms with E-state index in [4.69, 9.17) is 4.42 Å². The third kappa shape index (κ3) is 2.70. The van der Waals surface area contributed by atoms with E-state index in [-0.39, 0.29) is 5.91 Å². The molecule has 0 saturated carbocycles. The van der Waals surface area contributed by atoms with E-state index in [0.29, 0.717) is 12.3 Å². The number of furan rings is 1. The van der Waals surface area contributed by atoms with Gasteiger partial charge in [-0.1, -0.05) is 30.3 Å². The second kappa shape index (κ2) is 6.01. The first-order chi connectivity index (χ1) is 12.0. The summed E-state index contributed by atoms with van der Waals surface area (Å²) >= 11 is 1.61. The fourth-order valence-corrected chi connectivity index (χ4v) is 4.04. The Balaban J connectivity index is 1.64. The molecule has 0 spiro atoms. The van der Waals surface area contributed by atoms with Crippen molar-refractivity contribution < 1.29 is 9.21 Å². The first-order valence-corrected chi connectivity index (χ1v) is 8.95. The Hall–Kier alpha value is -2.66. The summed E-state index contributed by atoms with van der Waals surface area (Å²) in [6, 6.07) is 14.0. The zero-order valence-corrected chi connectivity index (χ0v) is 15.2. The highest BCUT2D eigenvalue weighted by molar-refractivity contribution is 7.18. The van der Waals surface area contributed by atoms with Gasteiger partial charge in [-0.25, -0.2) is 4.98 Å². The quantitative estimate of drug-likeness (QED) is 0.526. The van der Waals surface area contributed by atoms with Crippen molar-refractivity contribution in [3.05, 3.63) is 64.4 Å². The van der Waals surface area contributed by atoms with Gasteiger partial charge in [0, 0.05) is 18.0 Å². The standard InChI is InChI=1S/C20H18N2O2S/c1-12-7-6-8-14-13(2)19(24-18(12)14)20(23)22(3)11-17-21-15-9-4-5-10-16(15)25-17/h4-10H,11H2,1-3H3. The Morgan fingerprint density at radius 1 is 1.16 bits per heavy atom. The zero-order chi connectivity index (χ0) is 17.6. The van der Waals surface area contributed by atoms with Crippen LogP contribution in [0.4, 0.5) is 0 Å². The van der Waals surface area contributed by atoms with Crippen molar-refractivity contribution in [3.8, 4) is 0 Å². The maximum Gasteiger partial charge on any atom is 0.290 e. The molecule has 4 aromatic rings. The number of rotatable bonds is 3. The minimum absolute atomic E-state index is 0.118. The molecular formula is C20H18N2O2S. The lowest BCUT2D eigenvalue weighted by molar-refractivity contribution is 0.0755. The number of thiazole rings is 1. The smallest absolute Gasteiger partial charge is 0.290 e. The first-order valence-electron chi connectivity index (χ1n) is 8.13. The van der Waals surface area contributed by atoms with Gasteiger partial charge in [0.25, 0.3) is 5.91 Å². The molecule has 0 fully saturated rings. The lowest BCUT2D eigenvalue weighted by Crippen LogP contribution is -2.26. The van der Waals surface area contributed by atoms with Gasteiger partial charge in [-0.15, -0.1) is 11.3 Å². The van der Waals surface area contributed by atoms with Crippen molar-refractivity contribution in [1.29, 1.82) is 0 Å². The molecule has 4 nitrogen and oxygen atoms in total. The van der Waals surface area contributed by atoms with Gasteiger partial charge < -0.3 is 9.32 Å². The molecule has 0 radical (unpaired) electrons. The summed E-state index contributed by atoms with van der Waals surface area (Å²) in [6.07, 6.45) is 0. The zero-order valence-electron chi connectivity index (χ0n) is 14.4. The lowest BCUT2D eigenvalue weighted by atomic mass is 10.1. The van der Waals surface area contributed by atoms with Crippen LogP contribution in [0.1, 0.15) is 26.7 Å². The summed E-state index contributed by atoms with van der Waals surface area (Å²) in [6.45, 7) is 4.39. The van der Waals surface area contributed by atoms with Crippen LogP contribution in [-0.2, 0) is 6.54 Å². The van der Waals surface area contributed by atoms with E-state index in [1.54, 1.807) is 23.3 Å². The van der Waals surface area contributed by atoms with Crippen molar-refractivity contribution in [2.24, 2.45) is 0 Å². The molecule has 2 aromatic carbocycles. The number of benzene rings is 2. The molecule has 1 amide bonds. The van der Waals surface area contributed by atoms with E-state index in [1.165, 1.54) is 0 Å². The summed E-state index contributed by atoms with van der Waals surface area (Å²) in [7, 11) is 1.79. The van der Waals surface area contributed by atoms with E-state index in [2.05, 4.69) is 4.98 Å². The van der Waals surface area contributed by atoms with Gasteiger partial charge in [-0.2, -0.15) is 0 Å². The average Bonchev–Trinajstić information content (AvgIpc) is 3.16. The number of carbonyl (C=O) groups is 1. The highest BCUT2D eigenvalue weighted by Gasteiger charge is 2.22. The van der Waals surface area contributed by atoms with Crippen LogP contribution in [0.25, 0.3) is 21.2 Å². The predicted molar refractivity (Wildman–Crippen MR) is 101 cm³/mol. The van der Waals surface area contributed by atoms with E-state index in [9.17, 15) is 4.79 Å². The van der Waals surface area contributed by atoms with Crippen molar-refractivity contribution in [1.82, 2.24) is 9.88 Å². The molecule has 0 aliphatic rings. The fourth-order valence-electron chi connectivity index (χ4n) is 3.02. The number of nitrogens with zero attached hydrogens (tertiary/aromatic N) is 2. The Kier molecular flexibility index (Phi) is 3.81. The van der Waals surface area contributed by atoms with Gasteiger partial charge in [-0.3, -0.25) is 4.79 Å². The summed E-state index contributed by atoms with van der Waals surface area (Å²) in [4.78, 5) is 19.1. The fraction of sp³-hybridized carbons (Fsp3) is 0.200. The van der Waals surface area contributed by atoms with Crippen LogP contribution >= 0.6 is 11.3 Å². The van der Waals surface area contributed by atoms with Crippen LogP contribution in [0.2, 0.25) is 0 Å². The monoisotopic (exact) mass is 350 g/mol. The molecule has 0 N–H and O–H groups in total. The highest BCUT2D eigenvalue weighted by Crippen LogP contribution is 2.29. The van der Waals surface area contributed by atoms with Crippen LogP contribution in [0.5, 0.6) is 0 Å². The molecule has 2 heterocycles. The molecule has 5 heteroatoms. The molecule has 2 aromatic heterocycles. The molecule has 126 valence electrons. The number of carbonyl (C=O) groups excluding carboxylic acids is 1. The van der Waals surface area contributed by atoms with Crippen LogP contribution in [0, 0.1) is 13.8 Å². The van der Waals surface area contributed by atoms with Gasteiger partial charge in [0.15, 0.2) is 5.76 Å². The number of amides is 1. The Bertz CT molecular complexity index is 1060. The number of hydrogen-bond acceptors (Lipinski definition) is 4. The van der Waals surface area contributed by atoms with Crippen molar-refractivity contribution in [2.45, 2.75) is 20.4 Å². The van der Waals surface area contributed by atoms with Gasteiger partial charge in [0.1, 0.15) is 10.6 Å². The van der Waals surface area contributed by atoms with E-state index < -0.39 is 0 Å². The van der Waals surface area contributed by atoms with Crippen LogP contribution in [-0.4, -0.2) is 22.8 Å². The van der Waals surface area contributed by atoms with Gasteiger partial charge in [0.05, 0.1) is 16.8 Å². The van der Waals surface area contributed by atoms with Crippen LogP contribution in [0.3, 0.4) is 0 Å². The number of fused-ring (bicyclic) bond motifs is 2. The summed E-state index contributed by atoms with van der Waals surface area (Å²) in [5.41, 5.74) is 3.68. The maximum atomic E-state index is 12.9. The molecule has 0 bridgehead atoms. The molecule has 25 heavy (non-hydrogen) atoms.